The van der Waals surface area contributed by atoms with Gasteiger partial charge in [-0.2, -0.15) is 10.2 Å². The number of para-hydroxylation sites is 1. The van der Waals surface area contributed by atoms with Crippen LogP contribution in [0.3, 0.4) is 0 Å². The molecule has 0 saturated heterocycles. The number of rotatable bonds is 6. The number of nitriles is 1. The largest absolute Gasteiger partial charge is 0.369 e. The molecule has 0 amide bonds. The van der Waals surface area contributed by atoms with Crippen LogP contribution in [0.2, 0.25) is 0 Å². The van der Waals surface area contributed by atoms with Gasteiger partial charge < -0.3 is 15.5 Å². The van der Waals surface area contributed by atoms with Crippen LogP contribution in [0.4, 0.5) is 17.5 Å². The normalized spacial score (nSPS) is 10.2. The molecule has 108 valence electrons. The van der Waals surface area contributed by atoms with Crippen molar-refractivity contribution in [3.8, 4) is 6.07 Å². The quantitative estimate of drug-likeness (QED) is 0.844. The lowest BCUT2D eigenvalue weighted by Gasteiger charge is -2.11. The van der Waals surface area contributed by atoms with Gasteiger partial charge in [0.1, 0.15) is 11.9 Å². The van der Waals surface area contributed by atoms with Crippen LogP contribution in [0.5, 0.6) is 0 Å². The highest BCUT2D eigenvalue weighted by Gasteiger charge is 2.04. The summed E-state index contributed by atoms with van der Waals surface area (Å²) < 4.78 is 0. The van der Waals surface area contributed by atoms with Crippen LogP contribution in [0.25, 0.3) is 0 Å². The minimum atomic E-state index is 0.465. The molecular formula is C15H18N6. The van der Waals surface area contributed by atoms with Crippen LogP contribution in [0, 0.1) is 11.3 Å². The van der Waals surface area contributed by atoms with Crippen LogP contribution < -0.4 is 10.6 Å². The van der Waals surface area contributed by atoms with Gasteiger partial charge in [0.2, 0.25) is 5.95 Å². The van der Waals surface area contributed by atoms with Gasteiger partial charge in [0, 0.05) is 19.3 Å². The van der Waals surface area contributed by atoms with Gasteiger partial charge in [-0.25, -0.2) is 4.98 Å². The lowest BCUT2D eigenvalue weighted by atomic mass is 10.2. The van der Waals surface area contributed by atoms with E-state index in [2.05, 4.69) is 31.6 Å². The van der Waals surface area contributed by atoms with Crippen molar-refractivity contribution in [3.63, 3.8) is 0 Å². The van der Waals surface area contributed by atoms with Crippen molar-refractivity contribution in [2.45, 2.75) is 0 Å². The molecule has 2 rings (SSSR count). The van der Waals surface area contributed by atoms with Crippen LogP contribution in [0.15, 0.2) is 36.5 Å². The first kappa shape index (κ1) is 14.8. The standard InChI is InChI=1S/C15H18N6/c1-21(2)10-9-17-14-7-8-18-15(20-14)19-13-6-4-3-5-12(13)11-16/h3-8H,9-10H2,1-2H3,(H2,17,18,19,20). The molecule has 0 unspecified atom stereocenters. The minimum Gasteiger partial charge on any atom is -0.369 e. The van der Waals surface area contributed by atoms with E-state index in [4.69, 9.17) is 5.26 Å². The van der Waals surface area contributed by atoms with Gasteiger partial charge in [0.05, 0.1) is 11.3 Å². The van der Waals surface area contributed by atoms with Crippen LogP contribution in [0.1, 0.15) is 5.56 Å². The summed E-state index contributed by atoms with van der Waals surface area (Å²) in [7, 11) is 4.04. The molecule has 2 N–H and O–H groups in total. The summed E-state index contributed by atoms with van der Waals surface area (Å²) in [6.07, 6.45) is 1.68. The molecular weight excluding hydrogens is 264 g/mol. The highest BCUT2D eigenvalue weighted by atomic mass is 15.2. The zero-order valence-corrected chi connectivity index (χ0v) is 12.2. The van der Waals surface area contributed by atoms with Crippen LogP contribution in [-0.4, -0.2) is 42.1 Å². The summed E-state index contributed by atoms with van der Waals surface area (Å²) in [6.45, 7) is 1.72. The fraction of sp³-hybridized carbons (Fsp3) is 0.267. The van der Waals surface area contributed by atoms with E-state index in [1.807, 2.05) is 38.4 Å². The molecule has 2 aromatic rings. The Balaban J connectivity index is 2.06. The van der Waals surface area contributed by atoms with E-state index >= 15 is 0 Å². The predicted molar refractivity (Wildman–Crippen MR) is 83.5 cm³/mol. The molecule has 0 aliphatic carbocycles. The maximum atomic E-state index is 9.07. The molecule has 1 aromatic heterocycles. The molecule has 6 nitrogen and oxygen atoms in total. The third-order valence-electron chi connectivity index (χ3n) is 2.81. The summed E-state index contributed by atoms with van der Waals surface area (Å²) in [4.78, 5) is 10.6. The van der Waals surface area contributed by atoms with E-state index in [9.17, 15) is 0 Å². The van der Waals surface area contributed by atoms with E-state index in [1.165, 1.54) is 0 Å². The summed E-state index contributed by atoms with van der Waals surface area (Å²) >= 11 is 0. The van der Waals surface area contributed by atoms with Crippen molar-refractivity contribution in [2.75, 3.05) is 37.8 Å². The van der Waals surface area contributed by atoms with Gasteiger partial charge in [-0.1, -0.05) is 12.1 Å². The number of aromatic nitrogens is 2. The van der Waals surface area contributed by atoms with Gasteiger partial charge in [-0.3, -0.25) is 0 Å². The molecule has 1 aromatic carbocycles. The molecule has 6 heteroatoms. The summed E-state index contributed by atoms with van der Waals surface area (Å²) in [5.74, 6) is 1.22. The van der Waals surface area contributed by atoms with Crippen molar-refractivity contribution < 1.29 is 0 Å². The van der Waals surface area contributed by atoms with Gasteiger partial charge in [0.25, 0.3) is 0 Å². The van der Waals surface area contributed by atoms with Gasteiger partial charge in [-0.15, -0.1) is 0 Å². The molecule has 0 aliphatic heterocycles. The average molecular weight is 282 g/mol. The Bertz CT molecular complexity index is 632. The Kier molecular flexibility index (Phi) is 5.07. The van der Waals surface area contributed by atoms with Crippen molar-refractivity contribution >= 4 is 17.5 Å². The fourth-order valence-electron chi connectivity index (χ4n) is 1.74. The Labute approximate surface area is 124 Å². The molecule has 0 saturated carbocycles. The fourth-order valence-corrected chi connectivity index (χ4v) is 1.74. The molecule has 1 heterocycles. The van der Waals surface area contributed by atoms with Gasteiger partial charge in [-0.05, 0) is 32.3 Å². The second kappa shape index (κ2) is 7.22. The predicted octanol–water partition coefficient (Wildman–Crippen LogP) is 2.07. The zero-order valence-electron chi connectivity index (χ0n) is 12.2. The van der Waals surface area contributed by atoms with Crippen LogP contribution in [-0.2, 0) is 0 Å². The highest BCUT2D eigenvalue weighted by molar-refractivity contribution is 5.63. The number of nitrogens with zero attached hydrogens (tertiary/aromatic N) is 4. The second-order valence-electron chi connectivity index (χ2n) is 4.78. The Morgan fingerprint density at radius 3 is 2.81 bits per heavy atom. The van der Waals surface area contributed by atoms with Crippen molar-refractivity contribution in [1.29, 1.82) is 5.26 Å². The third-order valence-corrected chi connectivity index (χ3v) is 2.81. The number of nitrogens with one attached hydrogen (secondary N) is 2. The number of anilines is 3. The van der Waals surface area contributed by atoms with E-state index in [0.29, 0.717) is 17.2 Å². The van der Waals surface area contributed by atoms with E-state index in [-0.39, 0.29) is 0 Å². The number of hydrogen-bond acceptors (Lipinski definition) is 6. The third kappa shape index (κ3) is 4.44. The molecule has 0 atom stereocenters. The van der Waals surface area contributed by atoms with E-state index in [1.54, 1.807) is 12.3 Å². The number of benzene rings is 1. The first-order valence-electron chi connectivity index (χ1n) is 6.67. The summed E-state index contributed by atoms with van der Waals surface area (Å²) in [6, 6.07) is 11.2. The summed E-state index contributed by atoms with van der Waals surface area (Å²) in [5.41, 5.74) is 1.26. The summed E-state index contributed by atoms with van der Waals surface area (Å²) in [5, 5.41) is 15.4. The topological polar surface area (TPSA) is 76.9 Å². The molecule has 21 heavy (non-hydrogen) atoms. The number of likely N-dealkylation sites (N-methyl/N-ethyl adjacent to an activating group) is 1. The molecule has 0 fully saturated rings. The van der Waals surface area contributed by atoms with Gasteiger partial charge in [0.15, 0.2) is 0 Å². The molecule has 0 radical (unpaired) electrons. The average Bonchev–Trinajstić information content (AvgIpc) is 2.48. The zero-order chi connectivity index (χ0) is 15.1. The molecule has 0 spiro atoms. The van der Waals surface area contributed by atoms with Crippen molar-refractivity contribution in [1.82, 2.24) is 14.9 Å². The van der Waals surface area contributed by atoms with E-state index in [0.717, 1.165) is 18.9 Å². The smallest absolute Gasteiger partial charge is 0.229 e. The SMILES string of the molecule is CN(C)CCNc1ccnc(Nc2ccccc2C#N)n1. The monoisotopic (exact) mass is 282 g/mol. The first-order valence-corrected chi connectivity index (χ1v) is 6.67. The van der Waals surface area contributed by atoms with E-state index < -0.39 is 0 Å². The highest BCUT2D eigenvalue weighted by Crippen LogP contribution is 2.18. The molecule has 0 aliphatic rings. The Morgan fingerprint density at radius 2 is 2.05 bits per heavy atom. The lowest BCUT2D eigenvalue weighted by molar-refractivity contribution is 0.425. The maximum Gasteiger partial charge on any atom is 0.229 e. The lowest BCUT2D eigenvalue weighted by Crippen LogP contribution is -2.21. The molecule has 0 bridgehead atoms. The Morgan fingerprint density at radius 1 is 1.24 bits per heavy atom. The number of hydrogen-bond donors (Lipinski definition) is 2. The van der Waals surface area contributed by atoms with Crippen molar-refractivity contribution in [2.24, 2.45) is 0 Å². The first-order chi connectivity index (χ1) is 10.2. The maximum absolute atomic E-state index is 9.07. The van der Waals surface area contributed by atoms with Gasteiger partial charge >= 0.3 is 0 Å². The minimum absolute atomic E-state index is 0.465. The van der Waals surface area contributed by atoms with Crippen LogP contribution >= 0.6 is 0 Å². The second-order valence-corrected chi connectivity index (χ2v) is 4.78. The van der Waals surface area contributed by atoms with Crippen molar-refractivity contribution in [3.05, 3.63) is 42.1 Å². The Hall–Kier alpha value is -2.65.